The highest BCUT2D eigenvalue weighted by Gasteiger charge is 2.23. The summed E-state index contributed by atoms with van der Waals surface area (Å²) in [5.41, 5.74) is 1.01. The van der Waals surface area contributed by atoms with E-state index in [9.17, 15) is 9.59 Å². The molecule has 1 aliphatic carbocycles. The Bertz CT molecular complexity index is 536. The number of thioether (sulfide) groups is 1. The van der Waals surface area contributed by atoms with Crippen LogP contribution >= 0.6 is 35.0 Å². The first-order valence-electron chi connectivity index (χ1n) is 6.62. The molecule has 2 N–H and O–H groups in total. The summed E-state index contributed by atoms with van der Waals surface area (Å²) >= 11 is 13.2. The van der Waals surface area contributed by atoms with Crippen molar-refractivity contribution in [2.24, 2.45) is 0 Å². The summed E-state index contributed by atoms with van der Waals surface area (Å²) < 4.78 is 0. The predicted molar refractivity (Wildman–Crippen MR) is 86.8 cm³/mol. The second kappa shape index (κ2) is 7.92. The maximum Gasteiger partial charge on any atom is 0.239 e. The van der Waals surface area contributed by atoms with Gasteiger partial charge in [0.2, 0.25) is 11.8 Å². The zero-order chi connectivity index (χ0) is 15.2. The normalized spacial score (nSPS) is 13.8. The van der Waals surface area contributed by atoms with E-state index in [1.54, 1.807) is 12.1 Å². The molecule has 4 nitrogen and oxygen atoms in total. The van der Waals surface area contributed by atoms with Crippen LogP contribution in [0.25, 0.3) is 0 Å². The standard InChI is InChI=1S/C14H16Cl2N2O2S/c15-11-4-1-9(5-12(11)16)7-21-8-14(20)17-6-13(19)18-10-2-3-10/h1,4-5,10H,2-3,6-8H2,(H,17,20)(H,18,19). The van der Waals surface area contributed by atoms with E-state index in [0.717, 1.165) is 18.4 Å². The third-order valence-corrected chi connectivity index (χ3v) is 4.62. The van der Waals surface area contributed by atoms with Crippen molar-refractivity contribution < 1.29 is 9.59 Å². The lowest BCUT2D eigenvalue weighted by molar-refractivity contribution is -0.124. The molecular weight excluding hydrogens is 331 g/mol. The van der Waals surface area contributed by atoms with Crippen molar-refractivity contribution in [3.05, 3.63) is 33.8 Å². The Labute approximate surface area is 137 Å². The minimum Gasteiger partial charge on any atom is -0.352 e. The molecular formula is C14H16Cl2N2O2S. The van der Waals surface area contributed by atoms with E-state index in [1.165, 1.54) is 11.8 Å². The number of hydrogen-bond acceptors (Lipinski definition) is 3. The van der Waals surface area contributed by atoms with Crippen LogP contribution in [0.4, 0.5) is 0 Å². The summed E-state index contributed by atoms with van der Waals surface area (Å²) in [7, 11) is 0. The van der Waals surface area contributed by atoms with Crippen LogP contribution in [0, 0.1) is 0 Å². The highest BCUT2D eigenvalue weighted by atomic mass is 35.5. The van der Waals surface area contributed by atoms with Crippen LogP contribution < -0.4 is 10.6 Å². The Balaban J connectivity index is 1.61. The first-order chi connectivity index (χ1) is 10.0. The van der Waals surface area contributed by atoms with Gasteiger partial charge in [0.25, 0.3) is 0 Å². The van der Waals surface area contributed by atoms with Gasteiger partial charge in [0.05, 0.1) is 22.3 Å². The Morgan fingerprint density at radius 1 is 1.19 bits per heavy atom. The van der Waals surface area contributed by atoms with E-state index in [1.807, 2.05) is 6.07 Å². The van der Waals surface area contributed by atoms with Crippen LogP contribution in [0.15, 0.2) is 18.2 Å². The highest BCUT2D eigenvalue weighted by molar-refractivity contribution is 7.99. The Kier molecular flexibility index (Phi) is 6.21. The lowest BCUT2D eigenvalue weighted by Gasteiger charge is -2.06. The smallest absolute Gasteiger partial charge is 0.239 e. The summed E-state index contributed by atoms with van der Waals surface area (Å²) in [5.74, 6) is 0.696. The molecule has 0 heterocycles. The van der Waals surface area contributed by atoms with Gasteiger partial charge >= 0.3 is 0 Å². The van der Waals surface area contributed by atoms with Crippen molar-refractivity contribution in [2.45, 2.75) is 24.6 Å². The molecule has 2 amide bonds. The molecule has 1 saturated carbocycles. The minimum atomic E-state index is -0.147. The van der Waals surface area contributed by atoms with Gasteiger partial charge in [-0.1, -0.05) is 29.3 Å². The summed E-state index contributed by atoms with van der Waals surface area (Å²) in [6, 6.07) is 5.72. The number of halogens is 2. The van der Waals surface area contributed by atoms with Gasteiger partial charge in [-0.15, -0.1) is 11.8 Å². The molecule has 0 atom stereocenters. The van der Waals surface area contributed by atoms with E-state index in [0.29, 0.717) is 27.6 Å². The molecule has 21 heavy (non-hydrogen) atoms. The molecule has 1 aromatic rings. The molecule has 0 bridgehead atoms. The van der Waals surface area contributed by atoms with Gasteiger partial charge in [-0.05, 0) is 30.5 Å². The molecule has 114 valence electrons. The summed E-state index contributed by atoms with van der Waals surface area (Å²) in [4.78, 5) is 23.0. The van der Waals surface area contributed by atoms with Crippen molar-refractivity contribution in [1.29, 1.82) is 0 Å². The fraction of sp³-hybridized carbons (Fsp3) is 0.429. The summed E-state index contributed by atoms with van der Waals surface area (Å²) in [6.07, 6.45) is 2.08. The Hall–Kier alpha value is -0.910. The molecule has 0 aliphatic heterocycles. The molecule has 1 fully saturated rings. The van der Waals surface area contributed by atoms with Crippen molar-refractivity contribution >= 4 is 46.8 Å². The SMILES string of the molecule is O=C(CSCc1ccc(Cl)c(Cl)c1)NCC(=O)NC1CC1. The number of hydrogen-bond donors (Lipinski definition) is 2. The van der Waals surface area contributed by atoms with Gasteiger partial charge < -0.3 is 10.6 Å². The maximum atomic E-state index is 11.6. The Morgan fingerprint density at radius 3 is 2.62 bits per heavy atom. The molecule has 0 saturated heterocycles. The van der Waals surface area contributed by atoms with E-state index in [-0.39, 0.29) is 18.4 Å². The van der Waals surface area contributed by atoms with Crippen molar-refractivity contribution in [3.63, 3.8) is 0 Å². The molecule has 7 heteroatoms. The van der Waals surface area contributed by atoms with Crippen LogP contribution in [0.5, 0.6) is 0 Å². The van der Waals surface area contributed by atoms with Crippen molar-refractivity contribution in [1.82, 2.24) is 10.6 Å². The second-order valence-corrected chi connectivity index (χ2v) is 6.66. The first-order valence-corrected chi connectivity index (χ1v) is 8.53. The third-order valence-electron chi connectivity index (χ3n) is 2.87. The lowest BCUT2D eigenvalue weighted by atomic mass is 10.2. The fourth-order valence-corrected chi connectivity index (χ4v) is 2.75. The van der Waals surface area contributed by atoms with Crippen LogP contribution in [0.3, 0.4) is 0 Å². The molecule has 0 spiro atoms. The zero-order valence-electron chi connectivity index (χ0n) is 11.3. The van der Waals surface area contributed by atoms with E-state index >= 15 is 0 Å². The first kappa shape index (κ1) is 16.5. The van der Waals surface area contributed by atoms with Gasteiger partial charge in [0, 0.05) is 11.8 Å². The number of carbonyl (C=O) groups excluding carboxylic acids is 2. The summed E-state index contributed by atoms with van der Waals surface area (Å²) in [6.45, 7) is 0.0443. The number of amides is 2. The molecule has 2 rings (SSSR count). The van der Waals surface area contributed by atoms with Gasteiger partial charge in [-0.25, -0.2) is 0 Å². The highest BCUT2D eigenvalue weighted by Crippen LogP contribution is 2.24. The predicted octanol–water partition coefficient (Wildman–Crippen LogP) is 2.62. The average molecular weight is 347 g/mol. The lowest BCUT2D eigenvalue weighted by Crippen LogP contribution is -2.38. The topological polar surface area (TPSA) is 58.2 Å². The molecule has 1 aliphatic rings. The Morgan fingerprint density at radius 2 is 1.95 bits per heavy atom. The van der Waals surface area contributed by atoms with Gasteiger partial charge in [-0.2, -0.15) is 0 Å². The minimum absolute atomic E-state index is 0.0443. The van der Waals surface area contributed by atoms with Crippen LogP contribution in [-0.2, 0) is 15.3 Å². The molecule has 0 unspecified atom stereocenters. The number of rotatable bonds is 7. The third kappa shape index (κ3) is 6.16. The average Bonchev–Trinajstić information content (AvgIpc) is 3.24. The van der Waals surface area contributed by atoms with Crippen LogP contribution in [-0.4, -0.2) is 30.2 Å². The van der Waals surface area contributed by atoms with Gasteiger partial charge in [0.15, 0.2) is 0 Å². The quantitative estimate of drug-likeness (QED) is 0.797. The maximum absolute atomic E-state index is 11.6. The van der Waals surface area contributed by atoms with Crippen LogP contribution in [0.1, 0.15) is 18.4 Å². The van der Waals surface area contributed by atoms with Gasteiger partial charge in [-0.3, -0.25) is 9.59 Å². The van der Waals surface area contributed by atoms with E-state index in [2.05, 4.69) is 10.6 Å². The van der Waals surface area contributed by atoms with Crippen LogP contribution in [0.2, 0.25) is 10.0 Å². The fourth-order valence-electron chi connectivity index (χ4n) is 1.63. The van der Waals surface area contributed by atoms with Gasteiger partial charge in [0.1, 0.15) is 0 Å². The van der Waals surface area contributed by atoms with E-state index < -0.39 is 0 Å². The van der Waals surface area contributed by atoms with E-state index in [4.69, 9.17) is 23.2 Å². The summed E-state index contributed by atoms with van der Waals surface area (Å²) in [5, 5.41) is 6.45. The number of nitrogens with one attached hydrogen (secondary N) is 2. The molecule has 0 radical (unpaired) electrons. The van der Waals surface area contributed by atoms with Crippen molar-refractivity contribution in [2.75, 3.05) is 12.3 Å². The van der Waals surface area contributed by atoms with Crippen molar-refractivity contribution in [3.8, 4) is 0 Å². The number of carbonyl (C=O) groups is 2. The second-order valence-electron chi connectivity index (χ2n) is 4.86. The molecule has 1 aromatic carbocycles. The monoisotopic (exact) mass is 346 g/mol. The zero-order valence-corrected chi connectivity index (χ0v) is 13.7. The largest absolute Gasteiger partial charge is 0.352 e. The number of benzene rings is 1. The molecule has 0 aromatic heterocycles.